The Morgan fingerprint density at radius 2 is 1.81 bits per heavy atom. The van der Waals surface area contributed by atoms with Crippen LogP contribution >= 0.6 is 0 Å². The summed E-state index contributed by atoms with van der Waals surface area (Å²) in [7, 11) is 0. The molecule has 1 heterocycles. The van der Waals surface area contributed by atoms with Gasteiger partial charge >= 0.3 is 0 Å². The molecule has 3 nitrogen and oxygen atoms in total. The second kappa shape index (κ2) is 7.08. The summed E-state index contributed by atoms with van der Waals surface area (Å²) in [4.78, 5) is 12.5. The quantitative estimate of drug-likeness (QED) is 0.871. The third kappa shape index (κ3) is 3.85. The van der Waals surface area contributed by atoms with E-state index in [0.29, 0.717) is 0 Å². The highest BCUT2D eigenvalue weighted by Crippen LogP contribution is 2.25. The van der Waals surface area contributed by atoms with Crippen LogP contribution in [0.5, 0.6) is 0 Å². The number of carbonyl (C=O) groups is 1. The molecule has 1 saturated carbocycles. The van der Waals surface area contributed by atoms with Crippen molar-refractivity contribution >= 4 is 11.6 Å². The maximum absolute atomic E-state index is 12.5. The fourth-order valence-electron chi connectivity index (χ4n) is 3.52. The lowest BCUT2D eigenvalue weighted by atomic mass is 9.90. The molecule has 114 valence electrons. The van der Waals surface area contributed by atoms with E-state index in [0.717, 1.165) is 38.0 Å². The number of hydrogen-bond donors (Lipinski definition) is 2. The largest absolute Gasteiger partial charge is 0.326 e. The Kier molecular flexibility index (Phi) is 4.91. The van der Waals surface area contributed by atoms with E-state index in [1.165, 1.54) is 43.2 Å². The lowest BCUT2D eigenvalue weighted by molar-refractivity contribution is -0.120. The molecule has 0 bridgehead atoms. The first kappa shape index (κ1) is 14.6. The average Bonchev–Trinajstić information content (AvgIpc) is 2.46. The first-order valence-corrected chi connectivity index (χ1v) is 8.46. The molecule has 0 radical (unpaired) electrons. The Morgan fingerprint density at radius 1 is 1.05 bits per heavy atom. The Labute approximate surface area is 127 Å². The molecule has 0 spiro atoms. The summed E-state index contributed by atoms with van der Waals surface area (Å²) >= 11 is 0. The molecule has 1 aromatic carbocycles. The minimum absolute atomic E-state index is 0.208. The van der Waals surface area contributed by atoms with Gasteiger partial charge in [-0.15, -0.1) is 0 Å². The van der Waals surface area contributed by atoms with Crippen molar-refractivity contribution in [2.45, 2.75) is 57.9 Å². The van der Waals surface area contributed by atoms with E-state index in [9.17, 15) is 4.79 Å². The van der Waals surface area contributed by atoms with Gasteiger partial charge in [-0.25, -0.2) is 0 Å². The fourth-order valence-corrected chi connectivity index (χ4v) is 3.52. The minimum Gasteiger partial charge on any atom is -0.326 e. The third-order valence-electron chi connectivity index (χ3n) is 4.84. The summed E-state index contributed by atoms with van der Waals surface area (Å²) < 4.78 is 0. The number of fused-ring (bicyclic) bond motifs is 1. The molecule has 21 heavy (non-hydrogen) atoms. The van der Waals surface area contributed by atoms with E-state index in [-0.39, 0.29) is 11.8 Å². The standard InChI is InChI=1S/C18H26N2O/c21-18(15-6-4-2-1-3-5-7-15)20-17-9-8-14-10-11-19-13-16(14)12-17/h8-9,12,15,19H,1-7,10-11,13H2,(H,20,21). The Morgan fingerprint density at radius 3 is 2.62 bits per heavy atom. The molecule has 1 fully saturated rings. The van der Waals surface area contributed by atoms with Gasteiger partial charge < -0.3 is 10.6 Å². The van der Waals surface area contributed by atoms with Gasteiger partial charge in [-0.3, -0.25) is 4.79 Å². The number of anilines is 1. The maximum Gasteiger partial charge on any atom is 0.227 e. The van der Waals surface area contributed by atoms with Crippen LogP contribution in [0.2, 0.25) is 0 Å². The van der Waals surface area contributed by atoms with Crippen LogP contribution in [0.15, 0.2) is 18.2 Å². The van der Waals surface area contributed by atoms with Crippen LogP contribution < -0.4 is 10.6 Å². The molecule has 1 aliphatic heterocycles. The molecule has 1 aliphatic carbocycles. The van der Waals surface area contributed by atoms with E-state index < -0.39 is 0 Å². The molecular formula is C18H26N2O. The molecule has 0 saturated heterocycles. The number of hydrogen-bond acceptors (Lipinski definition) is 2. The molecule has 1 amide bonds. The second-order valence-corrected chi connectivity index (χ2v) is 6.44. The van der Waals surface area contributed by atoms with Gasteiger partial charge in [0, 0.05) is 18.2 Å². The van der Waals surface area contributed by atoms with Gasteiger partial charge in [0.05, 0.1) is 0 Å². The third-order valence-corrected chi connectivity index (χ3v) is 4.84. The molecule has 0 aromatic heterocycles. The summed E-state index contributed by atoms with van der Waals surface area (Å²) in [6, 6.07) is 6.37. The number of rotatable bonds is 2. The summed E-state index contributed by atoms with van der Waals surface area (Å²) in [5.41, 5.74) is 3.71. The van der Waals surface area contributed by atoms with Gasteiger partial charge in [0.1, 0.15) is 0 Å². The van der Waals surface area contributed by atoms with Crippen molar-refractivity contribution < 1.29 is 4.79 Å². The van der Waals surface area contributed by atoms with Gasteiger partial charge in [-0.1, -0.05) is 38.2 Å². The number of benzene rings is 1. The van der Waals surface area contributed by atoms with Gasteiger partial charge in [-0.2, -0.15) is 0 Å². The zero-order valence-electron chi connectivity index (χ0n) is 12.8. The van der Waals surface area contributed by atoms with Crippen molar-refractivity contribution in [3.63, 3.8) is 0 Å². The van der Waals surface area contributed by atoms with Crippen LogP contribution in [0.1, 0.15) is 56.1 Å². The summed E-state index contributed by atoms with van der Waals surface area (Å²) in [6.07, 6.45) is 9.51. The fraction of sp³-hybridized carbons (Fsp3) is 0.611. The Balaban J connectivity index is 1.63. The second-order valence-electron chi connectivity index (χ2n) is 6.44. The highest BCUT2D eigenvalue weighted by atomic mass is 16.1. The van der Waals surface area contributed by atoms with Crippen molar-refractivity contribution in [1.82, 2.24) is 5.32 Å². The molecule has 3 heteroatoms. The molecule has 0 atom stereocenters. The topological polar surface area (TPSA) is 41.1 Å². The van der Waals surface area contributed by atoms with E-state index >= 15 is 0 Å². The highest BCUT2D eigenvalue weighted by molar-refractivity contribution is 5.92. The van der Waals surface area contributed by atoms with Crippen molar-refractivity contribution in [3.05, 3.63) is 29.3 Å². The zero-order valence-corrected chi connectivity index (χ0v) is 12.8. The molecule has 3 rings (SSSR count). The number of amides is 1. The minimum atomic E-state index is 0.208. The normalized spacial score (nSPS) is 20.2. The molecule has 2 aliphatic rings. The van der Waals surface area contributed by atoms with Crippen LogP contribution in [0.3, 0.4) is 0 Å². The van der Waals surface area contributed by atoms with Gasteiger partial charge in [0.15, 0.2) is 0 Å². The van der Waals surface area contributed by atoms with Gasteiger partial charge in [0.25, 0.3) is 0 Å². The maximum atomic E-state index is 12.5. The summed E-state index contributed by atoms with van der Waals surface area (Å²) in [5.74, 6) is 0.431. The van der Waals surface area contributed by atoms with Crippen molar-refractivity contribution in [3.8, 4) is 0 Å². The van der Waals surface area contributed by atoms with Crippen LogP contribution in [0, 0.1) is 5.92 Å². The van der Waals surface area contributed by atoms with Crippen LogP contribution in [0.25, 0.3) is 0 Å². The monoisotopic (exact) mass is 286 g/mol. The molecular weight excluding hydrogens is 260 g/mol. The van der Waals surface area contributed by atoms with E-state index in [4.69, 9.17) is 0 Å². The first-order chi connectivity index (χ1) is 10.3. The van der Waals surface area contributed by atoms with Crippen LogP contribution in [-0.2, 0) is 17.8 Å². The smallest absolute Gasteiger partial charge is 0.227 e. The first-order valence-electron chi connectivity index (χ1n) is 8.46. The SMILES string of the molecule is O=C(Nc1ccc2c(c1)CNCC2)C1CCCCCCC1. The lowest BCUT2D eigenvalue weighted by Gasteiger charge is -2.21. The molecule has 2 N–H and O–H groups in total. The molecule has 1 aromatic rings. The van der Waals surface area contributed by atoms with E-state index in [2.05, 4.69) is 28.8 Å². The zero-order chi connectivity index (χ0) is 14.5. The Bertz CT molecular complexity index is 490. The van der Waals surface area contributed by atoms with E-state index in [1.807, 2.05) is 0 Å². The molecule has 0 unspecified atom stereocenters. The predicted molar refractivity (Wildman–Crippen MR) is 86.3 cm³/mol. The average molecular weight is 286 g/mol. The van der Waals surface area contributed by atoms with Crippen LogP contribution in [-0.4, -0.2) is 12.5 Å². The lowest BCUT2D eigenvalue weighted by Crippen LogP contribution is -2.25. The van der Waals surface area contributed by atoms with Gasteiger partial charge in [-0.05, 0) is 49.1 Å². The van der Waals surface area contributed by atoms with Gasteiger partial charge in [0.2, 0.25) is 5.91 Å². The summed E-state index contributed by atoms with van der Waals surface area (Å²) in [5, 5.41) is 6.53. The Hall–Kier alpha value is -1.35. The number of nitrogens with one attached hydrogen (secondary N) is 2. The summed E-state index contributed by atoms with van der Waals surface area (Å²) in [6.45, 7) is 1.98. The predicted octanol–water partition coefficient (Wildman–Crippen LogP) is 3.63. The van der Waals surface area contributed by atoms with Crippen LogP contribution in [0.4, 0.5) is 5.69 Å². The van der Waals surface area contributed by atoms with Crippen molar-refractivity contribution in [2.75, 3.05) is 11.9 Å². The van der Waals surface area contributed by atoms with Crippen molar-refractivity contribution in [1.29, 1.82) is 0 Å². The van der Waals surface area contributed by atoms with E-state index in [1.54, 1.807) is 0 Å². The number of carbonyl (C=O) groups excluding carboxylic acids is 1. The highest BCUT2D eigenvalue weighted by Gasteiger charge is 2.19. The van der Waals surface area contributed by atoms with Crippen molar-refractivity contribution in [2.24, 2.45) is 5.92 Å².